The molecule has 0 spiro atoms. The number of phenols is 1. The van der Waals surface area contributed by atoms with Crippen LogP contribution in [-0.2, 0) is 43.8 Å². The fourth-order valence-corrected chi connectivity index (χ4v) is 12.9. The summed E-state index contributed by atoms with van der Waals surface area (Å²) in [5.41, 5.74) is 10.2. The number of aryl methyl sites for hydroxylation is 1. The molecule has 4 atom stereocenters. The van der Waals surface area contributed by atoms with Crippen molar-refractivity contribution in [1.82, 2.24) is 9.48 Å². The number of carbonyl (C=O) groups is 4. The predicted molar refractivity (Wildman–Crippen MR) is 349 cm³/mol. The van der Waals surface area contributed by atoms with Gasteiger partial charge in [-0.15, -0.1) is 0 Å². The van der Waals surface area contributed by atoms with Crippen LogP contribution in [-0.4, -0.2) is 119 Å². The zero-order valence-corrected chi connectivity index (χ0v) is 55.7. The number of carboxylic acids is 1. The molecule has 22 heteroatoms. The fraction of sp³-hybridized carbons (Fsp3) is 0.380. The van der Waals surface area contributed by atoms with Crippen LogP contribution in [0, 0.1) is 12.8 Å². The summed E-state index contributed by atoms with van der Waals surface area (Å²) in [5, 5.41) is 47.4. The molecule has 4 aliphatic heterocycles. The van der Waals surface area contributed by atoms with Gasteiger partial charge in [-0.2, -0.15) is 0 Å². The molecule has 93 heavy (non-hydrogen) atoms. The van der Waals surface area contributed by atoms with Gasteiger partial charge in [-0.3, -0.25) is 9.59 Å². The summed E-state index contributed by atoms with van der Waals surface area (Å²) >= 11 is 0. The second-order valence-electron chi connectivity index (χ2n) is 26.1. The number of allylic oxidation sites excluding steroid dienone is 3. The van der Waals surface area contributed by atoms with Crippen LogP contribution < -0.4 is 46.0 Å². The Balaban J connectivity index is 0.000000220. The Morgan fingerprint density at radius 1 is 0.882 bits per heavy atom. The van der Waals surface area contributed by atoms with E-state index in [1.165, 1.54) is 47.7 Å². The number of rotatable bonds is 15. The molecular weight excluding hydrogens is 1210 g/mol. The van der Waals surface area contributed by atoms with Crippen molar-refractivity contribution < 1.29 is 75.9 Å². The zero-order chi connectivity index (χ0) is 68.5. The van der Waals surface area contributed by atoms with Crippen LogP contribution in [0.2, 0.25) is 0 Å². The molecule has 0 aliphatic carbocycles. The number of ether oxygens (including phenoxy) is 4. The van der Waals surface area contributed by atoms with Crippen LogP contribution in [0.25, 0.3) is 27.7 Å². The number of carboxylic acid groups (broad SMARTS) is 1. The number of nitrogens with zero attached hydrogens (tertiary/aromatic N) is 3. The molecule has 5 aromatic carbocycles. The number of nitrogens with two attached hydrogens (primary N) is 1. The van der Waals surface area contributed by atoms with Crippen LogP contribution in [0.3, 0.4) is 0 Å². The van der Waals surface area contributed by atoms with Gasteiger partial charge in [0.05, 0.1) is 50.0 Å². The van der Waals surface area contributed by atoms with E-state index in [2.05, 4.69) is 37.5 Å². The first kappa shape index (κ1) is 68.3. The van der Waals surface area contributed by atoms with E-state index < -0.39 is 87.1 Å². The minimum absolute atomic E-state index is 0.0118. The first-order valence-electron chi connectivity index (χ1n) is 30.4. The van der Waals surface area contributed by atoms with Crippen molar-refractivity contribution in [3.05, 3.63) is 173 Å². The van der Waals surface area contributed by atoms with E-state index >= 15 is 0 Å². The van der Waals surface area contributed by atoms with Crippen LogP contribution in [0.4, 0.5) is 10.5 Å². The SMILES string of the molecule is CC(=O)N(C)Cc1cc(C(=O)Cc2c(O)c3ccc(O[C@@H]4OC(C)(C)[C@H](C)[C@@H](OC(N)=O)[C@H]4O)c(C)c3oc2=O)cc(CC=C(C)C)c1O.CCC1=CC(C)(C)[N+](C)=c2cc3c(cc21)=C(c1ccccc1C(=O)[O-])c1cc2c(cc1O3)N(C)C(C)(C)C=C2CS(=O)(=O)[O-]. The van der Waals surface area contributed by atoms with E-state index in [9.17, 15) is 57.4 Å². The number of phenolic OH excluding ortho intramolecular Hbond substituents is 1. The molecule has 1 fully saturated rings. The Bertz CT molecular complexity index is 4530. The monoisotopic (exact) mass is 1290 g/mol. The summed E-state index contributed by atoms with van der Waals surface area (Å²) in [5.74, 6) is -2.43. The van der Waals surface area contributed by atoms with Crippen LogP contribution in [0.5, 0.6) is 28.7 Å². The van der Waals surface area contributed by atoms with Crippen molar-refractivity contribution >= 4 is 67.2 Å². The normalized spacial score (nSPS) is 19.0. The number of aromatic hydroxyl groups is 2. The lowest BCUT2D eigenvalue weighted by atomic mass is 9.82. The molecule has 21 nitrogen and oxygen atoms in total. The van der Waals surface area contributed by atoms with Crippen LogP contribution in [0.1, 0.15) is 148 Å². The Morgan fingerprint density at radius 2 is 1.56 bits per heavy atom. The number of benzene rings is 5. The van der Waals surface area contributed by atoms with Gasteiger partial charge in [-0.1, -0.05) is 55.8 Å². The average Bonchev–Trinajstić information content (AvgIpc) is 0.721. The Kier molecular flexibility index (Phi) is 18.7. The Hall–Kier alpha value is -9.09. The lowest BCUT2D eigenvalue weighted by Crippen LogP contribution is -2.61. The number of aliphatic hydroxyl groups is 1. The van der Waals surface area contributed by atoms with E-state index in [0.29, 0.717) is 73.4 Å². The van der Waals surface area contributed by atoms with Gasteiger partial charge in [0, 0.05) is 115 Å². The minimum Gasteiger partial charge on any atom is -0.748 e. The third kappa shape index (κ3) is 13.6. The molecule has 0 radical (unpaired) electrons. The first-order chi connectivity index (χ1) is 43.3. The zero-order valence-electron chi connectivity index (χ0n) is 54.9. The third-order valence-electron chi connectivity index (χ3n) is 18.3. The second-order valence-corrected chi connectivity index (χ2v) is 27.5. The van der Waals surface area contributed by atoms with Crippen molar-refractivity contribution in [2.75, 3.05) is 31.8 Å². The number of carbonyl (C=O) groups excluding carboxylic acids is 4. The molecule has 6 aromatic rings. The van der Waals surface area contributed by atoms with Gasteiger partial charge in [0.25, 0.3) is 0 Å². The van der Waals surface area contributed by atoms with E-state index in [-0.39, 0.29) is 57.1 Å². The highest BCUT2D eigenvalue weighted by molar-refractivity contribution is 7.86. The summed E-state index contributed by atoms with van der Waals surface area (Å²) in [6.45, 7) is 22.4. The molecular formula is C71H79N4O17S-. The van der Waals surface area contributed by atoms with Crippen LogP contribution in [0.15, 0.2) is 106 Å². The van der Waals surface area contributed by atoms with Crippen molar-refractivity contribution in [2.24, 2.45) is 11.7 Å². The highest BCUT2D eigenvalue weighted by Crippen LogP contribution is 2.47. The van der Waals surface area contributed by atoms with Crippen molar-refractivity contribution in [3.63, 3.8) is 0 Å². The standard InChI is InChI=1S/C36H44N2O11.C35H36N2O6S/c1-17(2)9-10-21-13-22(14-23(28(21)41)16-38(8)20(5)39)26(40)15-25-29(42)24-11-12-27(18(3)31(24)47-33(25)44)46-34-30(43)32(48-35(37)45)19(4)36(6,7)49-34;1-8-20-17-34(2,3)36(6)28-15-30-26(13-24(20)28)32(22-11-9-10-12-23(22)33(38)39)27-14-25-21(19-44(40,41)42)18-35(4,5)37(7)29(25)16-31(27)43-30/h9,11-14,19,30,32,34,41-43H,10,15-16H2,1-8H3,(H2,37,45);9-18H,8,19H2,1-7H3,(H-,38,39,40,41,42)/p-1/t19-,30-,32-,34-;/m1./s1. The number of likely N-dealkylation sites (N-methyl/N-ethyl adjacent to an activating group) is 2. The molecule has 2 amide bonds. The number of ketones is 1. The van der Waals surface area contributed by atoms with Crippen molar-refractivity contribution in [3.8, 4) is 28.7 Å². The first-order valence-corrected chi connectivity index (χ1v) is 32.0. The molecule has 10 rings (SSSR count). The van der Waals surface area contributed by atoms with Gasteiger partial charge < -0.3 is 68.7 Å². The van der Waals surface area contributed by atoms with E-state index in [4.69, 9.17) is 29.1 Å². The highest BCUT2D eigenvalue weighted by atomic mass is 32.2. The summed E-state index contributed by atoms with van der Waals surface area (Å²) in [4.78, 5) is 66.1. The van der Waals surface area contributed by atoms with Gasteiger partial charge >= 0.3 is 11.7 Å². The molecule has 4 aliphatic rings. The molecule has 0 bridgehead atoms. The highest BCUT2D eigenvalue weighted by Gasteiger charge is 2.51. The third-order valence-corrected chi connectivity index (χ3v) is 19.0. The number of anilines is 1. The average molecular weight is 1290 g/mol. The fourth-order valence-electron chi connectivity index (χ4n) is 12.3. The van der Waals surface area contributed by atoms with E-state index in [1.54, 1.807) is 59.0 Å². The maximum Gasteiger partial charge on any atom is 0.404 e. The van der Waals surface area contributed by atoms with Crippen LogP contribution >= 0.6 is 0 Å². The minimum atomic E-state index is -4.59. The van der Waals surface area contributed by atoms with E-state index in [0.717, 1.165) is 22.9 Å². The van der Waals surface area contributed by atoms with Crippen molar-refractivity contribution in [1.29, 1.82) is 0 Å². The Labute approximate surface area is 539 Å². The maximum absolute atomic E-state index is 13.6. The predicted octanol–water partition coefficient (Wildman–Crippen LogP) is 7.67. The molecule has 1 aromatic heterocycles. The summed E-state index contributed by atoms with van der Waals surface area (Å²) < 4.78 is 67.6. The number of hydrogen-bond donors (Lipinski definition) is 4. The number of amides is 2. The summed E-state index contributed by atoms with van der Waals surface area (Å²) in [7, 11) is 0.933. The molecule has 0 unspecified atom stereocenters. The van der Waals surface area contributed by atoms with Gasteiger partial charge in [-0.25, -0.2) is 22.6 Å². The summed E-state index contributed by atoms with van der Waals surface area (Å²) in [6.07, 6.45) is 1.78. The topological polar surface area (TPSA) is 312 Å². The molecule has 492 valence electrons. The number of fused-ring (bicyclic) bond motifs is 5. The number of hydrogen-bond acceptors (Lipinski definition) is 18. The van der Waals surface area contributed by atoms with Gasteiger partial charge in [0.1, 0.15) is 47.5 Å². The molecule has 1 saturated heterocycles. The largest absolute Gasteiger partial charge is 0.748 e. The van der Waals surface area contributed by atoms with E-state index in [1.807, 2.05) is 71.0 Å². The van der Waals surface area contributed by atoms with Gasteiger partial charge in [-0.05, 0) is 126 Å². The number of aliphatic hydroxyl groups excluding tert-OH is 1. The lowest BCUT2D eigenvalue weighted by Gasteiger charge is -2.47. The lowest BCUT2D eigenvalue weighted by molar-refractivity contribution is -0.283. The Morgan fingerprint density at radius 3 is 2.19 bits per heavy atom. The summed E-state index contributed by atoms with van der Waals surface area (Å²) in [6, 6.07) is 20.4. The van der Waals surface area contributed by atoms with Crippen molar-refractivity contribution in [2.45, 2.75) is 144 Å². The smallest absolute Gasteiger partial charge is 0.404 e. The molecule has 5 N–H and O–H groups in total. The quantitative estimate of drug-likeness (QED) is 0.0251. The molecule has 0 saturated carbocycles. The maximum atomic E-state index is 13.6. The van der Waals surface area contributed by atoms with Gasteiger partial charge in [0.2, 0.25) is 17.6 Å². The number of primary amides is 1. The van der Waals surface area contributed by atoms with Gasteiger partial charge in [0.15, 0.2) is 17.4 Å². The number of aromatic carboxylic acids is 1. The molecule has 5 heterocycles. The second kappa shape index (κ2) is 25.4. The number of Topliss-reactive ketones (excluding diaryl/α,β-unsaturated/α-hetero) is 1.